The van der Waals surface area contributed by atoms with Crippen LogP contribution in [-0.4, -0.2) is 34.1 Å². The monoisotopic (exact) mass is 377 g/mol. The van der Waals surface area contributed by atoms with E-state index in [-0.39, 0.29) is 11.9 Å². The SMILES string of the molecule is Cc1ccc(CNC(=O)[C@H](C)NC(=O)N2CCn3c2nc2ccccc23)cc1. The van der Waals surface area contributed by atoms with Gasteiger partial charge in [-0.2, -0.15) is 0 Å². The predicted octanol–water partition coefficient (Wildman–Crippen LogP) is 2.58. The molecule has 2 heterocycles. The number of benzene rings is 2. The number of carbonyl (C=O) groups excluding carboxylic acids is 2. The van der Waals surface area contributed by atoms with E-state index < -0.39 is 6.04 Å². The number of nitrogens with one attached hydrogen (secondary N) is 2. The molecule has 4 rings (SSSR count). The van der Waals surface area contributed by atoms with Crippen LogP contribution in [0.1, 0.15) is 18.1 Å². The number of hydrogen-bond donors (Lipinski definition) is 2. The molecule has 0 saturated carbocycles. The van der Waals surface area contributed by atoms with Crippen molar-refractivity contribution < 1.29 is 9.59 Å². The number of imidazole rings is 1. The number of aryl methyl sites for hydroxylation is 1. The smallest absolute Gasteiger partial charge is 0.324 e. The van der Waals surface area contributed by atoms with Crippen molar-refractivity contribution in [2.75, 3.05) is 11.4 Å². The molecule has 2 N–H and O–H groups in total. The van der Waals surface area contributed by atoms with Gasteiger partial charge in [0.15, 0.2) is 0 Å². The van der Waals surface area contributed by atoms with Crippen molar-refractivity contribution in [3.63, 3.8) is 0 Å². The zero-order valence-corrected chi connectivity index (χ0v) is 16.0. The van der Waals surface area contributed by atoms with Crippen LogP contribution in [0.25, 0.3) is 11.0 Å². The van der Waals surface area contributed by atoms with Crippen LogP contribution in [0.15, 0.2) is 48.5 Å². The first-order valence-corrected chi connectivity index (χ1v) is 9.39. The second kappa shape index (κ2) is 7.34. The molecular weight excluding hydrogens is 354 g/mol. The molecule has 144 valence electrons. The lowest BCUT2D eigenvalue weighted by molar-refractivity contribution is -0.122. The summed E-state index contributed by atoms with van der Waals surface area (Å²) in [6.45, 7) is 5.36. The van der Waals surface area contributed by atoms with E-state index >= 15 is 0 Å². The summed E-state index contributed by atoms with van der Waals surface area (Å²) < 4.78 is 2.02. The van der Waals surface area contributed by atoms with E-state index in [1.807, 2.05) is 60.0 Å². The van der Waals surface area contributed by atoms with Gasteiger partial charge in [0.25, 0.3) is 0 Å². The Balaban J connectivity index is 1.37. The molecule has 1 aliphatic rings. The van der Waals surface area contributed by atoms with Crippen LogP contribution in [0.3, 0.4) is 0 Å². The van der Waals surface area contributed by atoms with Gasteiger partial charge in [-0.3, -0.25) is 9.69 Å². The van der Waals surface area contributed by atoms with E-state index in [9.17, 15) is 9.59 Å². The van der Waals surface area contributed by atoms with Gasteiger partial charge >= 0.3 is 6.03 Å². The zero-order valence-electron chi connectivity index (χ0n) is 16.0. The Morgan fingerprint density at radius 1 is 1.11 bits per heavy atom. The van der Waals surface area contributed by atoms with Crippen LogP contribution in [-0.2, 0) is 17.9 Å². The maximum Gasteiger partial charge on any atom is 0.324 e. The van der Waals surface area contributed by atoms with E-state index in [0.29, 0.717) is 25.6 Å². The molecule has 0 aliphatic carbocycles. The maximum absolute atomic E-state index is 12.7. The van der Waals surface area contributed by atoms with E-state index in [2.05, 4.69) is 15.6 Å². The summed E-state index contributed by atoms with van der Waals surface area (Å²) in [6.07, 6.45) is 0. The van der Waals surface area contributed by atoms with E-state index in [1.165, 1.54) is 5.56 Å². The first-order chi connectivity index (χ1) is 13.5. The quantitative estimate of drug-likeness (QED) is 0.733. The molecule has 0 radical (unpaired) electrons. The minimum absolute atomic E-state index is 0.221. The molecule has 1 atom stereocenters. The summed E-state index contributed by atoms with van der Waals surface area (Å²) in [7, 11) is 0. The number of rotatable bonds is 4. The van der Waals surface area contributed by atoms with Crippen LogP contribution in [0.2, 0.25) is 0 Å². The predicted molar refractivity (Wildman–Crippen MR) is 108 cm³/mol. The Labute approximate surface area is 163 Å². The van der Waals surface area contributed by atoms with Crippen LogP contribution in [0.4, 0.5) is 10.7 Å². The largest absolute Gasteiger partial charge is 0.350 e. The lowest BCUT2D eigenvalue weighted by atomic mass is 10.1. The molecule has 2 aromatic carbocycles. The van der Waals surface area contributed by atoms with Gasteiger partial charge in [0.1, 0.15) is 6.04 Å². The van der Waals surface area contributed by atoms with E-state index in [1.54, 1.807) is 11.8 Å². The molecule has 28 heavy (non-hydrogen) atoms. The van der Waals surface area contributed by atoms with Gasteiger partial charge in [-0.15, -0.1) is 0 Å². The number of aromatic nitrogens is 2. The summed E-state index contributed by atoms with van der Waals surface area (Å²) in [5, 5.41) is 5.64. The number of para-hydroxylation sites is 2. The summed E-state index contributed by atoms with van der Waals surface area (Å²) in [6, 6.07) is 14.8. The van der Waals surface area contributed by atoms with Crippen molar-refractivity contribution in [1.29, 1.82) is 0 Å². The molecule has 1 aliphatic heterocycles. The molecule has 3 aromatic rings. The summed E-state index contributed by atoms with van der Waals surface area (Å²) in [4.78, 5) is 31.2. The topological polar surface area (TPSA) is 79.3 Å². The first kappa shape index (κ1) is 18.0. The fourth-order valence-corrected chi connectivity index (χ4v) is 3.36. The van der Waals surface area contributed by atoms with Crippen molar-refractivity contribution in [2.24, 2.45) is 0 Å². The normalized spacial score (nSPS) is 14.0. The van der Waals surface area contributed by atoms with Crippen molar-refractivity contribution >= 4 is 28.9 Å². The molecule has 1 aromatic heterocycles. The van der Waals surface area contributed by atoms with Gasteiger partial charge in [-0.1, -0.05) is 42.0 Å². The summed E-state index contributed by atoms with van der Waals surface area (Å²) >= 11 is 0. The third-order valence-corrected chi connectivity index (χ3v) is 4.99. The Morgan fingerprint density at radius 3 is 2.64 bits per heavy atom. The standard InChI is InChI=1S/C21H23N5O2/c1-14-7-9-16(10-8-14)13-22-19(27)15(2)23-21(28)26-12-11-25-18-6-4-3-5-17(18)24-20(25)26/h3-10,15H,11-13H2,1-2H3,(H,22,27)(H,23,28)/t15-/m0/s1. The Kier molecular flexibility index (Phi) is 4.73. The molecule has 7 nitrogen and oxygen atoms in total. The lowest BCUT2D eigenvalue weighted by Gasteiger charge is -2.19. The van der Waals surface area contributed by atoms with E-state index in [4.69, 9.17) is 0 Å². The van der Waals surface area contributed by atoms with Crippen molar-refractivity contribution in [1.82, 2.24) is 20.2 Å². The average Bonchev–Trinajstić information content (AvgIpc) is 3.26. The van der Waals surface area contributed by atoms with Crippen LogP contribution in [0, 0.1) is 6.92 Å². The fourth-order valence-electron chi connectivity index (χ4n) is 3.36. The van der Waals surface area contributed by atoms with Gasteiger partial charge in [-0.25, -0.2) is 9.78 Å². The minimum Gasteiger partial charge on any atom is -0.350 e. The Morgan fingerprint density at radius 2 is 1.86 bits per heavy atom. The van der Waals surface area contributed by atoms with Crippen molar-refractivity contribution in [2.45, 2.75) is 33.0 Å². The number of urea groups is 1. The van der Waals surface area contributed by atoms with Crippen LogP contribution < -0.4 is 15.5 Å². The number of fused-ring (bicyclic) bond motifs is 3. The second-order valence-corrected chi connectivity index (χ2v) is 7.08. The third kappa shape index (κ3) is 3.43. The van der Waals surface area contributed by atoms with Gasteiger partial charge in [0.05, 0.1) is 11.0 Å². The summed E-state index contributed by atoms with van der Waals surface area (Å²) in [5.74, 6) is 0.396. The van der Waals surface area contributed by atoms with E-state index in [0.717, 1.165) is 16.6 Å². The highest BCUT2D eigenvalue weighted by molar-refractivity contribution is 5.96. The molecule has 0 bridgehead atoms. The number of hydrogen-bond acceptors (Lipinski definition) is 3. The zero-order chi connectivity index (χ0) is 19.7. The number of amides is 3. The summed E-state index contributed by atoms with van der Waals surface area (Å²) in [5.41, 5.74) is 4.06. The highest BCUT2D eigenvalue weighted by atomic mass is 16.2. The molecule has 0 unspecified atom stereocenters. The number of carbonyl (C=O) groups is 2. The number of anilines is 1. The highest BCUT2D eigenvalue weighted by Gasteiger charge is 2.29. The number of nitrogens with zero attached hydrogens (tertiary/aromatic N) is 3. The molecule has 0 saturated heterocycles. The van der Waals surface area contributed by atoms with Gasteiger partial charge < -0.3 is 15.2 Å². The Bertz CT molecular complexity index is 1020. The van der Waals surface area contributed by atoms with Gasteiger partial charge in [0.2, 0.25) is 11.9 Å². The van der Waals surface area contributed by atoms with Crippen LogP contribution in [0.5, 0.6) is 0 Å². The van der Waals surface area contributed by atoms with Crippen LogP contribution >= 0.6 is 0 Å². The molecule has 0 fully saturated rings. The first-order valence-electron chi connectivity index (χ1n) is 9.39. The maximum atomic E-state index is 12.7. The van der Waals surface area contributed by atoms with Gasteiger partial charge in [0, 0.05) is 19.6 Å². The highest BCUT2D eigenvalue weighted by Crippen LogP contribution is 2.27. The Hall–Kier alpha value is -3.35. The minimum atomic E-state index is -0.642. The molecule has 7 heteroatoms. The van der Waals surface area contributed by atoms with Crippen molar-refractivity contribution in [3.8, 4) is 0 Å². The average molecular weight is 377 g/mol. The molecule has 0 spiro atoms. The van der Waals surface area contributed by atoms with Gasteiger partial charge in [-0.05, 0) is 31.5 Å². The molecular formula is C21H23N5O2. The second-order valence-electron chi connectivity index (χ2n) is 7.08. The van der Waals surface area contributed by atoms with Crippen molar-refractivity contribution in [3.05, 3.63) is 59.7 Å². The third-order valence-electron chi connectivity index (χ3n) is 4.99. The lowest BCUT2D eigenvalue weighted by Crippen LogP contribution is -2.49. The molecule has 3 amide bonds. The fraction of sp³-hybridized carbons (Fsp3) is 0.286.